The first-order valence-electron chi connectivity index (χ1n) is 9.93. The minimum Gasteiger partial charge on any atom is -0.495 e. The van der Waals surface area contributed by atoms with Crippen molar-refractivity contribution < 1.29 is 19.1 Å². The number of esters is 1. The Bertz CT molecular complexity index is 1140. The molecule has 32 heavy (non-hydrogen) atoms. The van der Waals surface area contributed by atoms with Crippen molar-refractivity contribution in [3.63, 3.8) is 0 Å². The number of carbonyl (C=O) groups excluding carboxylic acids is 2. The van der Waals surface area contributed by atoms with Crippen molar-refractivity contribution in [1.29, 1.82) is 0 Å². The monoisotopic (exact) mass is 453 g/mol. The summed E-state index contributed by atoms with van der Waals surface area (Å²) < 4.78 is 11.9. The highest BCUT2D eigenvalue weighted by atomic mass is 35.5. The third-order valence-electron chi connectivity index (χ3n) is 4.67. The Hall–Kier alpha value is -3.58. The Kier molecular flexibility index (Phi) is 7.68. The molecule has 0 spiro atoms. The fraction of sp³-hybridized carbons (Fsp3) is 0.208. The summed E-state index contributed by atoms with van der Waals surface area (Å²) in [6.45, 7) is 3.92. The first-order chi connectivity index (χ1) is 15.4. The normalized spacial score (nSPS) is 10.9. The van der Waals surface area contributed by atoms with Crippen LogP contribution in [0.15, 0.2) is 54.6 Å². The third kappa shape index (κ3) is 5.98. The number of hydrogen-bond donors (Lipinski definition) is 1. The van der Waals surface area contributed by atoms with E-state index >= 15 is 0 Å². The quantitative estimate of drug-likeness (QED) is 0.403. The van der Waals surface area contributed by atoms with Crippen LogP contribution in [0.3, 0.4) is 0 Å². The summed E-state index contributed by atoms with van der Waals surface area (Å²) in [5.74, 6) is -0.627. The number of anilines is 1. The number of para-hydroxylation sites is 2. The summed E-state index contributed by atoms with van der Waals surface area (Å²) in [4.78, 5) is 24.1. The van der Waals surface area contributed by atoms with Crippen molar-refractivity contribution in [2.75, 3.05) is 19.0 Å². The van der Waals surface area contributed by atoms with E-state index in [1.54, 1.807) is 28.9 Å². The Morgan fingerprint density at radius 2 is 1.84 bits per heavy atom. The minimum atomic E-state index is -0.665. The number of amides is 1. The van der Waals surface area contributed by atoms with Crippen LogP contribution in [0.2, 0.25) is 5.15 Å². The Labute approximate surface area is 191 Å². The van der Waals surface area contributed by atoms with Crippen LogP contribution >= 0.6 is 11.6 Å². The number of hydrogen-bond acceptors (Lipinski definition) is 5. The molecule has 0 fully saturated rings. The van der Waals surface area contributed by atoms with Gasteiger partial charge in [-0.1, -0.05) is 53.6 Å². The molecule has 1 heterocycles. The van der Waals surface area contributed by atoms with Crippen LogP contribution in [0.4, 0.5) is 5.69 Å². The van der Waals surface area contributed by atoms with E-state index in [1.165, 1.54) is 24.8 Å². The van der Waals surface area contributed by atoms with Crippen molar-refractivity contribution in [1.82, 2.24) is 9.78 Å². The molecule has 2 aromatic carbocycles. The first-order valence-corrected chi connectivity index (χ1v) is 10.3. The number of benzene rings is 2. The molecule has 0 aliphatic carbocycles. The summed E-state index contributed by atoms with van der Waals surface area (Å²) in [7, 11) is 1.51. The molecule has 1 aromatic heterocycles. The zero-order valence-corrected chi connectivity index (χ0v) is 18.8. The highest BCUT2D eigenvalue weighted by molar-refractivity contribution is 6.31. The predicted molar refractivity (Wildman–Crippen MR) is 124 cm³/mol. The van der Waals surface area contributed by atoms with E-state index in [0.717, 1.165) is 5.56 Å². The summed E-state index contributed by atoms with van der Waals surface area (Å²) in [5.41, 5.74) is 4.04. The molecule has 0 aliphatic rings. The van der Waals surface area contributed by atoms with Crippen LogP contribution in [0.1, 0.15) is 22.4 Å². The molecule has 8 heteroatoms. The molecule has 1 amide bonds. The van der Waals surface area contributed by atoms with Crippen molar-refractivity contribution in [2.45, 2.75) is 20.4 Å². The van der Waals surface area contributed by atoms with Gasteiger partial charge in [0.2, 0.25) is 0 Å². The standard InChI is InChI=1S/C24H24ClN3O4/c1-16-8-10-18(11-9-16)14-28-24(25)19(17(2)27-28)12-13-23(30)32-15-22(29)26-20-6-4-5-7-21(20)31-3/h4-13H,14-15H2,1-3H3,(H,26,29)/b13-12+. The first kappa shape index (κ1) is 23.1. The molecule has 0 unspecified atom stereocenters. The Morgan fingerprint density at radius 3 is 2.56 bits per heavy atom. The lowest BCUT2D eigenvalue weighted by atomic mass is 10.1. The molecule has 0 aliphatic heterocycles. The van der Waals surface area contributed by atoms with Gasteiger partial charge >= 0.3 is 5.97 Å². The smallest absolute Gasteiger partial charge is 0.331 e. The van der Waals surface area contributed by atoms with E-state index < -0.39 is 18.5 Å². The van der Waals surface area contributed by atoms with Crippen LogP contribution in [0, 0.1) is 13.8 Å². The van der Waals surface area contributed by atoms with Gasteiger partial charge in [0.1, 0.15) is 10.9 Å². The molecule has 7 nitrogen and oxygen atoms in total. The van der Waals surface area contributed by atoms with Gasteiger partial charge in [-0.3, -0.25) is 4.79 Å². The van der Waals surface area contributed by atoms with Gasteiger partial charge in [0, 0.05) is 11.6 Å². The zero-order valence-electron chi connectivity index (χ0n) is 18.1. The highest BCUT2D eigenvalue weighted by Gasteiger charge is 2.13. The molecule has 1 N–H and O–H groups in total. The van der Waals surface area contributed by atoms with Crippen LogP contribution in [0.5, 0.6) is 5.75 Å². The molecule has 0 saturated heterocycles. The average Bonchev–Trinajstić information content (AvgIpc) is 3.05. The molecule has 0 bridgehead atoms. The van der Waals surface area contributed by atoms with Gasteiger partial charge in [-0.05, 0) is 37.6 Å². The number of methoxy groups -OCH3 is 1. The van der Waals surface area contributed by atoms with Gasteiger partial charge in [-0.25, -0.2) is 9.48 Å². The number of rotatable bonds is 8. The number of carbonyl (C=O) groups is 2. The molecular weight excluding hydrogens is 430 g/mol. The second-order valence-electron chi connectivity index (χ2n) is 7.12. The second-order valence-corrected chi connectivity index (χ2v) is 7.48. The number of ether oxygens (including phenoxy) is 2. The lowest BCUT2D eigenvalue weighted by Gasteiger charge is -2.09. The van der Waals surface area contributed by atoms with Crippen molar-refractivity contribution in [2.24, 2.45) is 0 Å². The molecule has 3 aromatic rings. The lowest BCUT2D eigenvalue weighted by Crippen LogP contribution is -2.20. The maximum atomic E-state index is 12.1. The van der Waals surface area contributed by atoms with Gasteiger partial charge in [0.15, 0.2) is 6.61 Å². The van der Waals surface area contributed by atoms with Gasteiger partial charge in [0.05, 0.1) is 25.0 Å². The topological polar surface area (TPSA) is 82.4 Å². The Morgan fingerprint density at radius 1 is 1.12 bits per heavy atom. The summed E-state index contributed by atoms with van der Waals surface area (Å²) in [6, 6.07) is 15.1. The van der Waals surface area contributed by atoms with E-state index in [2.05, 4.69) is 10.4 Å². The van der Waals surface area contributed by atoms with E-state index in [0.29, 0.717) is 34.4 Å². The van der Waals surface area contributed by atoms with Gasteiger partial charge < -0.3 is 14.8 Å². The fourth-order valence-electron chi connectivity index (χ4n) is 3.00. The van der Waals surface area contributed by atoms with E-state index in [4.69, 9.17) is 21.1 Å². The third-order valence-corrected chi connectivity index (χ3v) is 5.07. The molecule has 0 atom stereocenters. The molecule has 0 saturated carbocycles. The van der Waals surface area contributed by atoms with Crippen LogP contribution < -0.4 is 10.1 Å². The van der Waals surface area contributed by atoms with Crippen molar-refractivity contribution in [3.05, 3.63) is 82.1 Å². The van der Waals surface area contributed by atoms with Gasteiger partial charge in [-0.2, -0.15) is 5.10 Å². The minimum absolute atomic E-state index is 0.418. The summed E-state index contributed by atoms with van der Waals surface area (Å²) in [5, 5.41) is 7.51. The van der Waals surface area contributed by atoms with Gasteiger partial charge in [-0.15, -0.1) is 0 Å². The highest BCUT2D eigenvalue weighted by Crippen LogP contribution is 2.23. The SMILES string of the molecule is COc1ccccc1NC(=O)COC(=O)/C=C/c1c(C)nn(Cc2ccc(C)cc2)c1Cl. The number of aromatic nitrogens is 2. The van der Waals surface area contributed by atoms with Crippen LogP contribution in [-0.4, -0.2) is 35.4 Å². The molecular formula is C24H24ClN3O4. The zero-order chi connectivity index (χ0) is 23.1. The van der Waals surface area contributed by atoms with Crippen LogP contribution in [-0.2, 0) is 20.9 Å². The van der Waals surface area contributed by atoms with E-state index in [-0.39, 0.29) is 0 Å². The largest absolute Gasteiger partial charge is 0.495 e. The van der Waals surface area contributed by atoms with Gasteiger partial charge in [0.25, 0.3) is 5.91 Å². The summed E-state index contributed by atoms with van der Waals surface area (Å²) in [6.07, 6.45) is 2.76. The maximum absolute atomic E-state index is 12.1. The number of halogens is 1. The second kappa shape index (κ2) is 10.6. The van der Waals surface area contributed by atoms with Crippen LogP contribution in [0.25, 0.3) is 6.08 Å². The lowest BCUT2D eigenvalue weighted by molar-refractivity contribution is -0.142. The Balaban J connectivity index is 1.57. The molecule has 166 valence electrons. The van der Waals surface area contributed by atoms with E-state index in [9.17, 15) is 9.59 Å². The number of nitrogens with one attached hydrogen (secondary N) is 1. The molecule has 3 rings (SSSR count). The number of aryl methyl sites for hydroxylation is 2. The maximum Gasteiger partial charge on any atom is 0.331 e. The molecule has 0 radical (unpaired) electrons. The predicted octanol–water partition coefficient (Wildman–Crippen LogP) is 4.41. The van der Waals surface area contributed by atoms with Crippen molar-refractivity contribution in [3.8, 4) is 5.75 Å². The van der Waals surface area contributed by atoms with Crippen molar-refractivity contribution >= 4 is 35.2 Å². The van der Waals surface area contributed by atoms with E-state index in [1.807, 2.05) is 38.1 Å². The number of nitrogens with zero attached hydrogens (tertiary/aromatic N) is 2. The fourth-order valence-corrected chi connectivity index (χ4v) is 3.30. The summed E-state index contributed by atoms with van der Waals surface area (Å²) >= 11 is 6.46. The average molecular weight is 454 g/mol.